The van der Waals surface area contributed by atoms with Crippen LogP contribution in [0.25, 0.3) is 0 Å². The van der Waals surface area contributed by atoms with Gasteiger partial charge in [-0.25, -0.2) is 23.6 Å². The first-order chi connectivity index (χ1) is 17.3. The molecule has 2 heterocycles. The number of hydrogen-bond acceptors (Lipinski definition) is 4. The Morgan fingerprint density at radius 2 is 1.61 bits per heavy atom. The highest BCUT2D eigenvalue weighted by Gasteiger charge is 2.50. The molecule has 0 saturated carbocycles. The summed E-state index contributed by atoms with van der Waals surface area (Å²) in [5, 5.41) is 5.91. The summed E-state index contributed by atoms with van der Waals surface area (Å²) >= 11 is 0. The topological polar surface area (TPSA) is 76.2 Å². The summed E-state index contributed by atoms with van der Waals surface area (Å²) in [5.74, 6) is -1.02. The Morgan fingerprint density at radius 1 is 1.00 bits per heavy atom. The monoisotopic (exact) mass is 499 g/mol. The van der Waals surface area contributed by atoms with Crippen molar-refractivity contribution >= 4 is 17.8 Å². The summed E-state index contributed by atoms with van der Waals surface area (Å²) in [7, 11) is 1.67. The number of halogens is 2. The number of nitrogens with one attached hydrogen (secondary N) is 1. The second kappa shape index (κ2) is 11.0. The smallest absolute Gasteiger partial charge is 0.334 e. The zero-order valence-electron chi connectivity index (χ0n) is 20.5. The van der Waals surface area contributed by atoms with E-state index in [2.05, 4.69) is 5.32 Å². The molecule has 0 radical (unpaired) electrons. The fourth-order valence-electron chi connectivity index (χ4n) is 4.83. The maximum atomic E-state index is 13.4. The van der Waals surface area contributed by atoms with Crippen LogP contribution in [-0.4, -0.2) is 76.6 Å². The van der Waals surface area contributed by atoms with E-state index in [1.165, 1.54) is 29.3 Å². The number of benzene rings is 2. The van der Waals surface area contributed by atoms with Gasteiger partial charge in [-0.2, -0.15) is 0 Å². The van der Waals surface area contributed by atoms with Crippen molar-refractivity contribution in [3.63, 3.8) is 0 Å². The third-order valence-corrected chi connectivity index (χ3v) is 6.65. The number of hydrogen-bond donors (Lipinski definition) is 1. The third-order valence-electron chi connectivity index (χ3n) is 6.65. The van der Waals surface area contributed by atoms with Gasteiger partial charge >= 0.3 is 6.03 Å². The second-order valence-corrected chi connectivity index (χ2v) is 9.19. The quantitative estimate of drug-likeness (QED) is 0.636. The molecule has 2 aromatic carbocycles. The Bertz CT molecular complexity index is 1100. The molecule has 2 aliphatic rings. The largest absolute Gasteiger partial charge is 0.337 e. The molecule has 2 atom stereocenters. The molecule has 2 saturated heterocycles. The average Bonchev–Trinajstić information content (AvgIpc) is 2.85. The Balaban J connectivity index is 1.53. The van der Waals surface area contributed by atoms with Gasteiger partial charge in [0.1, 0.15) is 23.8 Å². The first kappa shape index (κ1) is 25.6. The molecule has 0 unspecified atom stereocenters. The molecule has 2 fully saturated rings. The molecule has 0 bridgehead atoms. The number of likely N-dealkylation sites (N-methyl/N-ethyl adjacent to an activating group) is 1. The highest BCUT2D eigenvalue weighted by molar-refractivity contribution is 5.91. The molecule has 192 valence electrons. The highest BCUT2D eigenvalue weighted by atomic mass is 19.1. The van der Waals surface area contributed by atoms with Crippen LogP contribution < -0.4 is 5.32 Å². The molecule has 10 heteroatoms. The van der Waals surface area contributed by atoms with Crippen molar-refractivity contribution in [2.24, 2.45) is 0 Å². The maximum absolute atomic E-state index is 13.4. The van der Waals surface area contributed by atoms with Crippen molar-refractivity contribution in [3.8, 4) is 0 Å². The van der Waals surface area contributed by atoms with Crippen molar-refractivity contribution in [1.29, 1.82) is 0 Å². The fourth-order valence-corrected chi connectivity index (χ4v) is 4.83. The minimum Gasteiger partial charge on any atom is -0.337 e. The molecule has 8 nitrogen and oxygen atoms in total. The van der Waals surface area contributed by atoms with Crippen LogP contribution >= 0.6 is 0 Å². The molecule has 0 aromatic heterocycles. The second-order valence-electron chi connectivity index (χ2n) is 9.19. The molecular weight excluding hydrogens is 468 g/mol. The number of nitrogens with zero attached hydrogens (tertiary/aromatic N) is 4. The Kier molecular flexibility index (Phi) is 7.83. The lowest BCUT2D eigenvalue weighted by molar-refractivity contribution is -0.187. The number of fused-ring (bicyclic) bond motifs is 1. The third kappa shape index (κ3) is 5.48. The van der Waals surface area contributed by atoms with Gasteiger partial charge in [0.05, 0.1) is 13.1 Å². The van der Waals surface area contributed by atoms with Crippen molar-refractivity contribution in [2.75, 3.05) is 26.7 Å². The van der Waals surface area contributed by atoms with Crippen molar-refractivity contribution < 1.29 is 23.2 Å². The summed E-state index contributed by atoms with van der Waals surface area (Å²) in [6.45, 7) is 2.67. The van der Waals surface area contributed by atoms with Crippen LogP contribution in [0.4, 0.5) is 13.6 Å². The predicted molar refractivity (Wildman–Crippen MR) is 129 cm³/mol. The normalized spacial score (nSPS) is 20.5. The number of urea groups is 1. The van der Waals surface area contributed by atoms with Crippen LogP contribution in [0.2, 0.25) is 0 Å². The Labute approximate surface area is 209 Å². The van der Waals surface area contributed by atoms with E-state index in [-0.39, 0.29) is 43.1 Å². The zero-order valence-corrected chi connectivity index (χ0v) is 20.5. The minimum absolute atomic E-state index is 0.0243. The summed E-state index contributed by atoms with van der Waals surface area (Å²) in [5.41, 5.74) is 1.63. The first-order valence-electron chi connectivity index (χ1n) is 12.2. The molecule has 4 rings (SSSR count). The van der Waals surface area contributed by atoms with Crippen molar-refractivity contribution in [2.45, 2.75) is 44.9 Å². The van der Waals surface area contributed by atoms with Crippen LogP contribution in [0.1, 0.15) is 30.9 Å². The SMILES string of the molecule is CCC[C@H]1C(=O)N(CCc2ccc(F)cc2)C[C@H]2N1C(=O)CN(C)N2C(=O)NCc1ccc(F)cc1. The van der Waals surface area contributed by atoms with Crippen LogP contribution in [0.15, 0.2) is 48.5 Å². The van der Waals surface area contributed by atoms with E-state index in [4.69, 9.17) is 0 Å². The van der Waals surface area contributed by atoms with Crippen LogP contribution in [0.5, 0.6) is 0 Å². The Hall–Kier alpha value is -3.53. The highest BCUT2D eigenvalue weighted by Crippen LogP contribution is 2.28. The molecule has 0 spiro atoms. The molecule has 0 aliphatic carbocycles. The van der Waals surface area contributed by atoms with Crippen LogP contribution in [0, 0.1) is 11.6 Å². The lowest BCUT2D eigenvalue weighted by atomic mass is 10.0. The molecule has 36 heavy (non-hydrogen) atoms. The van der Waals surface area contributed by atoms with Gasteiger partial charge in [0, 0.05) is 20.1 Å². The number of carbonyl (C=O) groups excluding carboxylic acids is 3. The number of piperazine rings is 1. The van der Waals surface area contributed by atoms with E-state index in [1.54, 1.807) is 46.1 Å². The van der Waals surface area contributed by atoms with E-state index >= 15 is 0 Å². The summed E-state index contributed by atoms with van der Waals surface area (Å²) in [6, 6.07) is 10.9. The van der Waals surface area contributed by atoms with Crippen LogP contribution in [0.3, 0.4) is 0 Å². The fraction of sp³-hybridized carbons (Fsp3) is 0.423. The molecular formula is C26H31F2N5O3. The van der Waals surface area contributed by atoms with E-state index in [0.29, 0.717) is 25.8 Å². The van der Waals surface area contributed by atoms with Gasteiger partial charge in [-0.15, -0.1) is 0 Å². The van der Waals surface area contributed by atoms with Gasteiger partial charge in [-0.1, -0.05) is 37.6 Å². The molecule has 4 amide bonds. The standard InChI is InChI=1S/C26H31F2N5O3/c1-3-4-22-25(35)31(14-13-18-5-9-20(27)10-6-18)16-23-32(22)24(34)17-30(2)33(23)26(36)29-15-19-7-11-21(28)12-8-19/h5-12,22-23H,3-4,13-17H2,1-2H3,(H,29,36)/t22-,23-/m0/s1. The lowest BCUT2D eigenvalue weighted by Gasteiger charge is -2.54. The average molecular weight is 500 g/mol. The van der Waals surface area contributed by atoms with Gasteiger partial charge in [0.2, 0.25) is 11.8 Å². The van der Waals surface area contributed by atoms with Crippen molar-refractivity contribution in [3.05, 3.63) is 71.3 Å². The molecule has 1 N–H and O–H groups in total. The summed E-state index contributed by atoms with van der Waals surface area (Å²) < 4.78 is 26.5. The van der Waals surface area contributed by atoms with Gasteiger partial charge in [0.25, 0.3) is 0 Å². The van der Waals surface area contributed by atoms with E-state index < -0.39 is 18.2 Å². The zero-order chi connectivity index (χ0) is 25.8. The number of amides is 4. The van der Waals surface area contributed by atoms with Gasteiger partial charge in [-0.3, -0.25) is 9.59 Å². The maximum Gasteiger partial charge on any atom is 0.334 e. The van der Waals surface area contributed by atoms with Crippen molar-refractivity contribution in [1.82, 2.24) is 25.1 Å². The van der Waals surface area contributed by atoms with E-state index in [9.17, 15) is 23.2 Å². The van der Waals surface area contributed by atoms with Gasteiger partial charge in [-0.05, 0) is 48.2 Å². The van der Waals surface area contributed by atoms with Crippen LogP contribution in [-0.2, 0) is 22.6 Å². The summed E-state index contributed by atoms with van der Waals surface area (Å²) in [6.07, 6.45) is 1.05. The van der Waals surface area contributed by atoms with Gasteiger partial charge < -0.3 is 15.1 Å². The Morgan fingerprint density at radius 3 is 2.22 bits per heavy atom. The molecule has 2 aliphatic heterocycles. The predicted octanol–water partition coefficient (Wildman–Crippen LogP) is 2.75. The summed E-state index contributed by atoms with van der Waals surface area (Å²) in [4.78, 5) is 43.0. The van der Waals surface area contributed by atoms with Gasteiger partial charge in [0.15, 0.2) is 0 Å². The van der Waals surface area contributed by atoms with E-state index in [0.717, 1.165) is 11.1 Å². The lowest BCUT2D eigenvalue weighted by Crippen LogP contribution is -2.76. The minimum atomic E-state index is -0.660. The first-order valence-corrected chi connectivity index (χ1v) is 12.2. The number of carbonyl (C=O) groups is 3. The number of rotatable bonds is 7. The van der Waals surface area contributed by atoms with E-state index in [1.807, 2.05) is 6.92 Å². The number of hydrazine groups is 1. The molecule has 2 aromatic rings.